The van der Waals surface area contributed by atoms with Crippen LogP contribution in [0.1, 0.15) is 11.3 Å². The van der Waals surface area contributed by atoms with Crippen LogP contribution in [0.5, 0.6) is 11.5 Å². The third kappa shape index (κ3) is 3.68. The molecule has 0 unspecified atom stereocenters. The number of fused-ring (bicyclic) bond motifs is 1. The minimum Gasteiger partial charge on any atom is -0.497 e. The third-order valence-corrected chi connectivity index (χ3v) is 5.29. The minimum atomic E-state index is -0.504. The number of amides is 1. The first-order chi connectivity index (χ1) is 13.7. The van der Waals surface area contributed by atoms with Gasteiger partial charge in [0.2, 0.25) is 0 Å². The lowest BCUT2D eigenvalue weighted by Crippen LogP contribution is -2.22. The molecule has 2 aromatic carbocycles. The summed E-state index contributed by atoms with van der Waals surface area (Å²) in [6, 6.07) is 13.4. The Balaban J connectivity index is 1.55. The van der Waals surface area contributed by atoms with Gasteiger partial charge in [0.15, 0.2) is 18.2 Å². The molecule has 0 saturated heterocycles. The fraction of sp³-hybridized carbons (Fsp3) is 0.200. The van der Waals surface area contributed by atoms with Crippen molar-refractivity contribution in [1.29, 1.82) is 0 Å². The number of carbonyl (C=O) groups excluding carboxylic acids is 1. The van der Waals surface area contributed by atoms with E-state index in [1.54, 1.807) is 35.7 Å². The average molecular weight is 399 g/mol. The maximum atomic E-state index is 13.7. The highest BCUT2D eigenvalue weighted by Crippen LogP contribution is 2.36. The number of carbonyl (C=O) groups is 1. The number of halogens is 1. The van der Waals surface area contributed by atoms with E-state index in [9.17, 15) is 9.18 Å². The van der Waals surface area contributed by atoms with Crippen LogP contribution >= 0.6 is 11.8 Å². The van der Waals surface area contributed by atoms with Crippen molar-refractivity contribution in [3.05, 3.63) is 65.6 Å². The molecule has 1 amide bonds. The monoisotopic (exact) mass is 399 g/mol. The Labute approximate surface area is 165 Å². The molecule has 0 aliphatic carbocycles. The summed E-state index contributed by atoms with van der Waals surface area (Å²) in [6.07, 6.45) is 0. The second kappa shape index (κ2) is 7.93. The van der Waals surface area contributed by atoms with Crippen LogP contribution < -0.4 is 14.8 Å². The smallest absolute Gasteiger partial charge is 0.263 e. The van der Waals surface area contributed by atoms with Gasteiger partial charge in [-0.2, -0.15) is 16.9 Å². The van der Waals surface area contributed by atoms with E-state index in [2.05, 4.69) is 10.4 Å². The quantitative estimate of drug-likeness (QED) is 0.683. The SMILES string of the molecule is COc1ccc(-n2nc3c(c2NC(=O)COc2ccccc2F)CSC3)cc1. The maximum Gasteiger partial charge on any atom is 0.263 e. The van der Waals surface area contributed by atoms with Gasteiger partial charge in [0.25, 0.3) is 5.91 Å². The van der Waals surface area contributed by atoms with Gasteiger partial charge < -0.3 is 14.8 Å². The van der Waals surface area contributed by atoms with Gasteiger partial charge in [0, 0.05) is 17.1 Å². The Morgan fingerprint density at radius 3 is 2.75 bits per heavy atom. The lowest BCUT2D eigenvalue weighted by molar-refractivity contribution is -0.118. The number of benzene rings is 2. The number of nitrogens with one attached hydrogen (secondary N) is 1. The van der Waals surface area contributed by atoms with Crippen molar-refractivity contribution in [3.63, 3.8) is 0 Å². The van der Waals surface area contributed by atoms with E-state index in [1.165, 1.54) is 12.1 Å². The molecule has 2 heterocycles. The number of hydrogen-bond donors (Lipinski definition) is 1. The highest BCUT2D eigenvalue weighted by atomic mass is 32.2. The molecule has 0 radical (unpaired) electrons. The molecule has 1 N–H and O–H groups in total. The molecule has 28 heavy (non-hydrogen) atoms. The van der Waals surface area contributed by atoms with Crippen molar-refractivity contribution < 1.29 is 18.7 Å². The van der Waals surface area contributed by atoms with Crippen LogP contribution in [0.25, 0.3) is 5.69 Å². The summed E-state index contributed by atoms with van der Waals surface area (Å²) in [5, 5.41) is 7.52. The molecular formula is C20H18FN3O3S. The molecule has 0 bridgehead atoms. The molecule has 0 saturated carbocycles. The molecule has 8 heteroatoms. The number of hydrogen-bond acceptors (Lipinski definition) is 5. The van der Waals surface area contributed by atoms with E-state index in [1.807, 2.05) is 24.3 Å². The second-order valence-corrected chi connectivity index (χ2v) is 7.13. The third-order valence-electron chi connectivity index (χ3n) is 4.32. The summed E-state index contributed by atoms with van der Waals surface area (Å²) in [6.45, 7) is -0.295. The predicted molar refractivity (Wildman–Crippen MR) is 106 cm³/mol. The van der Waals surface area contributed by atoms with Gasteiger partial charge in [0.1, 0.15) is 11.6 Å². The molecule has 0 spiro atoms. The first-order valence-corrected chi connectivity index (χ1v) is 9.81. The van der Waals surface area contributed by atoms with Crippen molar-refractivity contribution >= 4 is 23.5 Å². The minimum absolute atomic E-state index is 0.0436. The molecule has 1 aliphatic heterocycles. The van der Waals surface area contributed by atoms with Gasteiger partial charge in [-0.15, -0.1) is 0 Å². The van der Waals surface area contributed by atoms with Crippen molar-refractivity contribution in [3.8, 4) is 17.2 Å². The molecule has 1 aromatic heterocycles. The normalized spacial score (nSPS) is 12.5. The van der Waals surface area contributed by atoms with Crippen LogP contribution in [-0.2, 0) is 16.3 Å². The lowest BCUT2D eigenvalue weighted by Gasteiger charge is -2.12. The predicted octanol–water partition coefficient (Wildman–Crippen LogP) is 3.78. The van der Waals surface area contributed by atoms with Crippen LogP contribution in [0.4, 0.5) is 10.2 Å². The lowest BCUT2D eigenvalue weighted by atomic mass is 10.2. The van der Waals surface area contributed by atoms with Gasteiger partial charge in [-0.1, -0.05) is 12.1 Å². The van der Waals surface area contributed by atoms with Crippen LogP contribution in [0.3, 0.4) is 0 Å². The Morgan fingerprint density at radius 2 is 2.00 bits per heavy atom. The van der Waals surface area contributed by atoms with Crippen LogP contribution in [0.15, 0.2) is 48.5 Å². The van der Waals surface area contributed by atoms with E-state index in [0.29, 0.717) is 5.82 Å². The topological polar surface area (TPSA) is 65.4 Å². The number of thioether (sulfide) groups is 1. The maximum absolute atomic E-state index is 13.7. The number of methoxy groups -OCH3 is 1. The first-order valence-electron chi connectivity index (χ1n) is 8.66. The second-order valence-electron chi connectivity index (χ2n) is 6.14. The van der Waals surface area contributed by atoms with Crippen molar-refractivity contribution in [1.82, 2.24) is 9.78 Å². The van der Waals surface area contributed by atoms with Crippen molar-refractivity contribution in [2.45, 2.75) is 11.5 Å². The summed E-state index contributed by atoms with van der Waals surface area (Å²) < 4.78 is 25.9. The molecule has 0 fully saturated rings. The fourth-order valence-electron chi connectivity index (χ4n) is 2.92. The highest BCUT2D eigenvalue weighted by Gasteiger charge is 2.25. The van der Waals surface area contributed by atoms with Gasteiger partial charge in [-0.25, -0.2) is 9.07 Å². The largest absolute Gasteiger partial charge is 0.497 e. The summed E-state index contributed by atoms with van der Waals surface area (Å²) >= 11 is 1.74. The Hall–Kier alpha value is -3.00. The summed E-state index contributed by atoms with van der Waals surface area (Å²) in [7, 11) is 1.61. The summed E-state index contributed by atoms with van der Waals surface area (Å²) in [5.74, 6) is 2.09. The van der Waals surface area contributed by atoms with E-state index >= 15 is 0 Å². The highest BCUT2D eigenvalue weighted by molar-refractivity contribution is 7.98. The standard InChI is InChI=1S/C20H18FN3O3S/c1-26-14-8-6-13(7-9-14)24-20(15-11-28-12-17(15)23-24)22-19(25)10-27-18-5-3-2-4-16(18)21/h2-9H,10-12H2,1H3,(H,22,25). The summed E-state index contributed by atoms with van der Waals surface area (Å²) in [4.78, 5) is 12.5. The molecular weight excluding hydrogens is 381 g/mol. The zero-order valence-corrected chi connectivity index (χ0v) is 16.0. The molecule has 3 aromatic rings. The first kappa shape index (κ1) is 18.4. The Kier molecular flexibility index (Phi) is 5.21. The molecule has 0 atom stereocenters. The Bertz CT molecular complexity index is 1000. The number of anilines is 1. The molecule has 6 nitrogen and oxygen atoms in total. The van der Waals surface area contributed by atoms with E-state index in [4.69, 9.17) is 9.47 Å². The summed E-state index contributed by atoms with van der Waals surface area (Å²) in [5.41, 5.74) is 2.76. The van der Waals surface area contributed by atoms with Gasteiger partial charge in [0.05, 0.1) is 18.5 Å². The van der Waals surface area contributed by atoms with E-state index in [-0.39, 0.29) is 18.3 Å². The number of para-hydroxylation sites is 1. The number of nitrogens with zero attached hydrogens (tertiary/aromatic N) is 2. The Morgan fingerprint density at radius 1 is 1.21 bits per heavy atom. The van der Waals surface area contributed by atoms with Gasteiger partial charge in [-0.3, -0.25) is 4.79 Å². The van der Waals surface area contributed by atoms with Crippen molar-refractivity contribution in [2.75, 3.05) is 19.0 Å². The van der Waals surface area contributed by atoms with Crippen LogP contribution in [0.2, 0.25) is 0 Å². The van der Waals surface area contributed by atoms with Gasteiger partial charge >= 0.3 is 0 Å². The average Bonchev–Trinajstić information content (AvgIpc) is 3.30. The van der Waals surface area contributed by atoms with Crippen LogP contribution in [-0.4, -0.2) is 29.4 Å². The fourth-order valence-corrected chi connectivity index (χ4v) is 3.96. The molecule has 1 aliphatic rings. The van der Waals surface area contributed by atoms with Crippen molar-refractivity contribution in [2.24, 2.45) is 0 Å². The molecule has 4 rings (SSSR count). The molecule has 144 valence electrons. The number of aromatic nitrogens is 2. The number of rotatable bonds is 6. The zero-order chi connectivity index (χ0) is 19.5. The van der Waals surface area contributed by atoms with E-state index < -0.39 is 5.82 Å². The van der Waals surface area contributed by atoms with Gasteiger partial charge in [-0.05, 0) is 36.4 Å². The van der Waals surface area contributed by atoms with E-state index in [0.717, 1.165) is 34.2 Å². The number of ether oxygens (including phenoxy) is 2. The zero-order valence-electron chi connectivity index (χ0n) is 15.1. The van der Waals surface area contributed by atoms with Crippen LogP contribution in [0, 0.1) is 5.82 Å².